The van der Waals surface area contributed by atoms with Crippen LogP contribution in [0.15, 0.2) is 0 Å². The van der Waals surface area contributed by atoms with E-state index in [1.54, 1.807) is 0 Å². The van der Waals surface area contributed by atoms with Gasteiger partial charge in [0.05, 0.1) is 13.2 Å². The van der Waals surface area contributed by atoms with E-state index < -0.39 is 100 Å². The van der Waals surface area contributed by atoms with Crippen molar-refractivity contribution in [1.82, 2.24) is 0 Å². The summed E-state index contributed by atoms with van der Waals surface area (Å²) in [5.74, 6) is -4.74. The Labute approximate surface area is 203 Å². The summed E-state index contributed by atoms with van der Waals surface area (Å²) in [6.07, 6.45) is -15.5. The highest BCUT2D eigenvalue weighted by atomic mass is 31.2. The van der Waals surface area contributed by atoms with Crippen molar-refractivity contribution in [2.75, 3.05) is 19.8 Å². The Balaban J connectivity index is 2.41. The Bertz CT molecular complexity index is 812. The van der Waals surface area contributed by atoms with E-state index in [9.17, 15) is 54.6 Å². The fourth-order valence-corrected chi connectivity index (χ4v) is 3.91. The van der Waals surface area contributed by atoms with E-state index in [0.29, 0.717) is 0 Å². The minimum Gasteiger partial charge on any atom is -0.452 e. The van der Waals surface area contributed by atoms with E-state index >= 15 is 0 Å². The molecule has 0 unspecified atom stereocenters. The number of esters is 1. The van der Waals surface area contributed by atoms with Crippen LogP contribution in [0, 0.1) is 0 Å². The molecule has 2 aliphatic rings. The first kappa shape index (κ1) is 30.9. The van der Waals surface area contributed by atoms with Crippen molar-refractivity contribution in [2.45, 2.75) is 73.7 Å². The van der Waals surface area contributed by atoms with Gasteiger partial charge in [-0.25, -0.2) is 4.57 Å². The van der Waals surface area contributed by atoms with Crippen LogP contribution in [0.4, 0.5) is 0 Å². The highest BCUT2D eigenvalue weighted by molar-refractivity contribution is 7.46. The van der Waals surface area contributed by atoms with Gasteiger partial charge in [-0.2, -0.15) is 0 Å². The number of primary amides is 1. The van der Waals surface area contributed by atoms with E-state index in [1.807, 2.05) is 0 Å². The molecule has 36 heavy (non-hydrogen) atoms. The largest absolute Gasteiger partial charge is 0.469 e. The maximum atomic E-state index is 12.5. The Kier molecular flexibility index (Phi) is 10.7. The van der Waals surface area contributed by atoms with Gasteiger partial charge in [-0.3, -0.25) is 14.1 Å². The van der Waals surface area contributed by atoms with E-state index in [-0.39, 0.29) is 12.8 Å². The third-order valence-corrected chi connectivity index (χ3v) is 5.97. The summed E-state index contributed by atoms with van der Waals surface area (Å²) < 4.78 is 37.0. The number of amides is 1. The first-order valence-electron chi connectivity index (χ1n) is 10.5. The smallest absolute Gasteiger partial charge is 0.452 e. The molecule has 210 valence electrons. The fourth-order valence-electron chi connectivity index (χ4n) is 3.56. The lowest BCUT2D eigenvalue weighted by Gasteiger charge is -2.44. The average Bonchev–Trinajstić information content (AvgIpc) is 3.07. The minimum atomic E-state index is -5.27. The number of carbonyl (C=O) groups excluding carboxylic acids is 2. The topological polar surface area (TPSA) is 311 Å². The first-order valence-corrected chi connectivity index (χ1v) is 12.1. The fraction of sp³-hybridized carbons (Fsp3) is 0.882. The third-order valence-electron chi connectivity index (χ3n) is 5.50. The van der Waals surface area contributed by atoms with Crippen LogP contribution in [0.3, 0.4) is 0 Å². The van der Waals surface area contributed by atoms with Gasteiger partial charge in [0, 0.05) is 6.42 Å². The molecule has 0 saturated carbocycles. The van der Waals surface area contributed by atoms with Gasteiger partial charge >= 0.3 is 13.8 Å². The van der Waals surface area contributed by atoms with Crippen molar-refractivity contribution in [2.24, 2.45) is 11.5 Å². The van der Waals surface area contributed by atoms with Crippen molar-refractivity contribution in [1.29, 1.82) is 0 Å². The molecule has 2 rings (SSSR count). The number of aliphatic hydroxyl groups is 6. The molecule has 2 fully saturated rings. The molecule has 2 saturated heterocycles. The lowest BCUT2D eigenvalue weighted by atomic mass is 9.99. The number of rotatable bonds is 12. The molecule has 10 atom stereocenters. The number of ether oxygens (including phenoxy) is 4. The number of aliphatic hydroxyl groups excluding tert-OH is 6. The second-order valence-corrected chi connectivity index (χ2v) is 9.43. The monoisotopic (exact) mass is 550 g/mol. The molecule has 2 aliphatic heterocycles. The normalized spacial score (nSPS) is 38.0. The summed E-state index contributed by atoms with van der Waals surface area (Å²) in [5.41, 5.74) is 10.7. The number of carbonyl (C=O) groups is 2. The van der Waals surface area contributed by atoms with Gasteiger partial charge in [0.2, 0.25) is 11.7 Å². The van der Waals surface area contributed by atoms with Gasteiger partial charge in [-0.05, 0) is 6.42 Å². The zero-order valence-corrected chi connectivity index (χ0v) is 19.6. The van der Waals surface area contributed by atoms with E-state index in [1.165, 1.54) is 0 Å². The van der Waals surface area contributed by atoms with E-state index in [4.69, 9.17) is 30.4 Å². The molecule has 0 aromatic carbocycles. The zero-order valence-electron chi connectivity index (χ0n) is 18.7. The molecular weight excluding hydrogens is 519 g/mol. The van der Waals surface area contributed by atoms with E-state index in [0.717, 1.165) is 0 Å². The predicted octanol–water partition coefficient (Wildman–Crippen LogP) is -6.13. The maximum absolute atomic E-state index is 12.5. The Morgan fingerprint density at radius 2 is 1.61 bits per heavy atom. The quantitative estimate of drug-likeness (QED) is 0.0798. The third kappa shape index (κ3) is 7.36. The molecule has 0 aliphatic carbocycles. The van der Waals surface area contributed by atoms with Crippen molar-refractivity contribution in [3.05, 3.63) is 0 Å². The lowest BCUT2D eigenvalue weighted by molar-refractivity contribution is -0.382. The Morgan fingerprint density at radius 1 is 1.00 bits per heavy atom. The summed E-state index contributed by atoms with van der Waals surface area (Å²) in [5, 5.41) is 59.9. The van der Waals surface area contributed by atoms with Crippen molar-refractivity contribution < 1.29 is 78.1 Å². The van der Waals surface area contributed by atoms with Crippen LogP contribution >= 0.6 is 7.82 Å². The summed E-state index contributed by atoms with van der Waals surface area (Å²) >= 11 is 0. The van der Waals surface area contributed by atoms with Crippen LogP contribution in [0.5, 0.6) is 0 Å². The van der Waals surface area contributed by atoms with Crippen LogP contribution < -0.4 is 11.5 Å². The molecule has 18 nitrogen and oxygen atoms in total. The Morgan fingerprint density at radius 3 is 2.14 bits per heavy atom. The maximum Gasteiger partial charge on any atom is 0.469 e. The second-order valence-electron chi connectivity index (χ2n) is 8.19. The molecule has 2 heterocycles. The van der Waals surface area contributed by atoms with Crippen LogP contribution in [-0.4, -0.2) is 133 Å². The molecule has 0 spiro atoms. The van der Waals surface area contributed by atoms with Crippen LogP contribution in [-0.2, 0) is 37.6 Å². The molecule has 12 N–H and O–H groups in total. The standard InChI is InChI=1S/C17H31N2O16P/c18-6(1-2-9(19)22)15(27)33-14-11(24)8(4-21)34-17(14,5-31-36(28,29)30)35-16-13(26)12(25)10(23)7(3-20)32-16/h6-8,10-14,16,20-21,23-26H,1-5,18H2,(H2,19,22)(H2,28,29,30)/t6-,7+,8+,10+,11+,12-,13+,14-,16+,17-/m0/s1. The average molecular weight is 550 g/mol. The predicted molar refractivity (Wildman–Crippen MR) is 110 cm³/mol. The highest BCUT2D eigenvalue weighted by Crippen LogP contribution is 2.43. The van der Waals surface area contributed by atoms with Crippen molar-refractivity contribution >= 4 is 19.7 Å². The Hall–Kier alpha value is -1.35. The molecule has 0 bridgehead atoms. The van der Waals surface area contributed by atoms with Gasteiger partial charge in [-0.15, -0.1) is 0 Å². The summed E-state index contributed by atoms with van der Waals surface area (Å²) in [6.45, 7) is -3.10. The van der Waals surface area contributed by atoms with Crippen molar-refractivity contribution in [3.63, 3.8) is 0 Å². The van der Waals surface area contributed by atoms with Crippen LogP contribution in [0.1, 0.15) is 12.8 Å². The number of phosphoric acid groups is 1. The van der Waals surface area contributed by atoms with Crippen LogP contribution in [0.2, 0.25) is 0 Å². The molecule has 1 amide bonds. The summed E-state index contributed by atoms with van der Waals surface area (Å²) in [4.78, 5) is 41.9. The first-order chi connectivity index (χ1) is 16.7. The van der Waals surface area contributed by atoms with Crippen LogP contribution in [0.25, 0.3) is 0 Å². The molecular formula is C17H31N2O16P. The highest BCUT2D eigenvalue weighted by Gasteiger charge is 2.62. The molecule has 0 aromatic heterocycles. The summed E-state index contributed by atoms with van der Waals surface area (Å²) in [6, 6.07) is -1.47. The van der Waals surface area contributed by atoms with Gasteiger partial charge in [0.25, 0.3) is 0 Å². The number of phosphoric ester groups is 1. The van der Waals surface area contributed by atoms with Gasteiger partial charge in [0.1, 0.15) is 49.3 Å². The molecule has 0 aromatic rings. The van der Waals surface area contributed by atoms with Gasteiger partial charge < -0.3 is 70.8 Å². The second kappa shape index (κ2) is 12.5. The number of hydrogen-bond acceptors (Lipinski definition) is 15. The molecule has 0 radical (unpaired) electrons. The molecule has 19 heteroatoms. The van der Waals surface area contributed by atoms with E-state index in [2.05, 4.69) is 4.52 Å². The lowest BCUT2D eigenvalue weighted by Crippen LogP contribution is -2.63. The SMILES string of the molecule is NC(=O)CC[C@H](N)C(=O)O[C@H]1[C@H](O)[C@@H](CO)O[C@@]1(COP(=O)(O)O)O[C@H]1O[C@H](CO)[C@@H](O)[C@H](O)[C@H]1O. The zero-order chi connectivity index (χ0) is 27.4. The number of hydrogen-bond donors (Lipinski definition) is 10. The van der Waals surface area contributed by atoms with Gasteiger partial charge in [-0.1, -0.05) is 0 Å². The minimum absolute atomic E-state index is 0.277. The summed E-state index contributed by atoms with van der Waals surface area (Å²) in [7, 11) is -5.27. The number of nitrogens with two attached hydrogens (primary N) is 2. The van der Waals surface area contributed by atoms with Gasteiger partial charge in [0.15, 0.2) is 12.4 Å². The van der Waals surface area contributed by atoms with Crippen molar-refractivity contribution in [3.8, 4) is 0 Å².